The summed E-state index contributed by atoms with van der Waals surface area (Å²) < 4.78 is 5.47. The summed E-state index contributed by atoms with van der Waals surface area (Å²) in [6.45, 7) is 0. The van der Waals surface area contributed by atoms with Crippen LogP contribution in [0.3, 0.4) is 0 Å². The molecule has 0 radical (unpaired) electrons. The highest BCUT2D eigenvalue weighted by Crippen LogP contribution is 2.25. The minimum atomic E-state index is 0.202. The van der Waals surface area contributed by atoms with Crippen molar-refractivity contribution < 1.29 is 25.2 Å². The van der Waals surface area contributed by atoms with Gasteiger partial charge in [-0.25, -0.2) is 0 Å². The van der Waals surface area contributed by atoms with E-state index in [-0.39, 0.29) is 23.0 Å². The van der Waals surface area contributed by atoms with Crippen molar-refractivity contribution in [2.75, 3.05) is 0 Å². The van der Waals surface area contributed by atoms with Crippen LogP contribution in [0.4, 0.5) is 0 Å². The Morgan fingerprint density at radius 3 is 0.862 bits per heavy atom. The summed E-state index contributed by atoms with van der Waals surface area (Å²) in [4.78, 5) is 0. The van der Waals surface area contributed by atoms with Crippen LogP contribution < -0.4 is 4.74 Å². The van der Waals surface area contributed by atoms with Crippen LogP contribution in [-0.2, 0) is 0 Å². The summed E-state index contributed by atoms with van der Waals surface area (Å²) in [5, 5.41) is 36.4. The largest absolute Gasteiger partial charge is 0.508 e. The summed E-state index contributed by atoms with van der Waals surface area (Å²) in [5.74, 6) is 2.19. The molecule has 0 amide bonds. The summed E-state index contributed by atoms with van der Waals surface area (Å²) in [7, 11) is 0. The van der Waals surface area contributed by atoms with Crippen molar-refractivity contribution in [1.82, 2.24) is 0 Å². The fourth-order valence-corrected chi connectivity index (χ4v) is 2.47. The third-order valence-electron chi connectivity index (χ3n) is 3.98. The highest BCUT2D eigenvalue weighted by Gasteiger charge is 1.98. The number of phenolic OH excluding ortho intramolecular Hbond substituents is 4. The predicted molar refractivity (Wildman–Crippen MR) is 111 cm³/mol. The molecule has 0 saturated heterocycles. The number of benzene rings is 4. The van der Waals surface area contributed by atoms with E-state index in [4.69, 9.17) is 25.2 Å². The van der Waals surface area contributed by atoms with E-state index in [2.05, 4.69) is 0 Å². The Hall–Kier alpha value is -4.12. The second kappa shape index (κ2) is 9.19. The van der Waals surface area contributed by atoms with E-state index < -0.39 is 0 Å². The molecule has 4 aromatic carbocycles. The first-order chi connectivity index (χ1) is 14.0. The molecule has 4 aromatic rings. The van der Waals surface area contributed by atoms with Crippen molar-refractivity contribution in [3.8, 4) is 45.6 Å². The lowest BCUT2D eigenvalue weighted by Gasteiger charge is -2.05. The van der Waals surface area contributed by atoms with Gasteiger partial charge in [0.2, 0.25) is 0 Å². The Balaban J connectivity index is 0.000000166. The van der Waals surface area contributed by atoms with E-state index in [9.17, 15) is 0 Å². The molecule has 0 heterocycles. The standard InChI is InChI=1S/C12H10O3.C12H10O2/c13-9-1-5-11(6-2-9)15-12-7-3-10(14)4-8-12;13-11-5-1-9(2-6-11)10-3-7-12(14)8-4-10/h1-8,13-14H;1-8,13-14H. The third kappa shape index (κ3) is 5.94. The smallest absolute Gasteiger partial charge is 0.127 e. The fourth-order valence-electron chi connectivity index (χ4n) is 2.47. The average Bonchev–Trinajstić information content (AvgIpc) is 2.73. The van der Waals surface area contributed by atoms with Gasteiger partial charge in [-0.15, -0.1) is 0 Å². The molecule has 0 atom stereocenters. The lowest BCUT2D eigenvalue weighted by atomic mass is 10.1. The molecule has 0 bridgehead atoms. The molecular weight excluding hydrogens is 368 g/mol. The van der Waals surface area contributed by atoms with E-state index in [1.165, 1.54) is 0 Å². The molecule has 4 N–H and O–H groups in total. The lowest BCUT2D eigenvalue weighted by molar-refractivity contribution is 0.459. The van der Waals surface area contributed by atoms with Gasteiger partial charge < -0.3 is 25.2 Å². The minimum absolute atomic E-state index is 0.202. The van der Waals surface area contributed by atoms with Gasteiger partial charge >= 0.3 is 0 Å². The number of rotatable bonds is 3. The lowest BCUT2D eigenvalue weighted by Crippen LogP contribution is -1.82. The minimum Gasteiger partial charge on any atom is -0.508 e. The summed E-state index contributed by atoms with van der Waals surface area (Å²) in [5.41, 5.74) is 2.03. The van der Waals surface area contributed by atoms with Crippen LogP contribution in [0, 0.1) is 0 Å². The maximum Gasteiger partial charge on any atom is 0.127 e. The Labute approximate surface area is 168 Å². The van der Waals surface area contributed by atoms with Gasteiger partial charge in [-0.3, -0.25) is 0 Å². The van der Waals surface area contributed by atoms with Gasteiger partial charge in [0.15, 0.2) is 0 Å². The van der Waals surface area contributed by atoms with Gasteiger partial charge in [0, 0.05) is 0 Å². The first kappa shape index (κ1) is 19.6. The number of phenols is 4. The van der Waals surface area contributed by atoms with Gasteiger partial charge in [0.25, 0.3) is 0 Å². The first-order valence-corrected chi connectivity index (χ1v) is 8.84. The molecule has 29 heavy (non-hydrogen) atoms. The molecule has 0 spiro atoms. The van der Waals surface area contributed by atoms with Crippen LogP contribution in [0.2, 0.25) is 0 Å². The Morgan fingerprint density at radius 2 is 0.586 bits per heavy atom. The molecule has 5 nitrogen and oxygen atoms in total. The van der Waals surface area contributed by atoms with Crippen molar-refractivity contribution in [1.29, 1.82) is 0 Å². The van der Waals surface area contributed by atoms with E-state index in [0.717, 1.165) is 11.1 Å². The van der Waals surface area contributed by atoms with E-state index in [1.54, 1.807) is 72.8 Å². The van der Waals surface area contributed by atoms with Gasteiger partial charge in [0.1, 0.15) is 34.5 Å². The van der Waals surface area contributed by atoms with E-state index in [1.807, 2.05) is 24.3 Å². The third-order valence-corrected chi connectivity index (χ3v) is 3.98. The summed E-state index contributed by atoms with van der Waals surface area (Å²) in [6.07, 6.45) is 0. The molecule has 0 aliphatic rings. The van der Waals surface area contributed by atoms with E-state index in [0.29, 0.717) is 11.5 Å². The second-order valence-corrected chi connectivity index (χ2v) is 6.18. The maximum atomic E-state index is 9.11. The van der Waals surface area contributed by atoms with Crippen LogP contribution in [0.15, 0.2) is 97.1 Å². The molecule has 0 fully saturated rings. The SMILES string of the molecule is Oc1ccc(-c2ccc(O)cc2)cc1.Oc1ccc(Oc2ccc(O)cc2)cc1. The van der Waals surface area contributed by atoms with Gasteiger partial charge in [0.05, 0.1) is 0 Å². The first-order valence-electron chi connectivity index (χ1n) is 8.84. The highest BCUT2D eigenvalue weighted by atomic mass is 16.5. The average molecular weight is 388 g/mol. The molecule has 0 aromatic heterocycles. The number of aromatic hydroxyl groups is 4. The Morgan fingerprint density at radius 1 is 0.345 bits per heavy atom. The molecule has 4 rings (SSSR count). The molecular formula is C24H20O5. The highest BCUT2D eigenvalue weighted by molar-refractivity contribution is 5.64. The zero-order valence-corrected chi connectivity index (χ0v) is 15.4. The van der Waals surface area contributed by atoms with Gasteiger partial charge in [-0.1, -0.05) is 24.3 Å². The van der Waals surface area contributed by atoms with Crippen molar-refractivity contribution >= 4 is 0 Å². The fraction of sp³-hybridized carbons (Fsp3) is 0. The normalized spacial score (nSPS) is 9.93. The van der Waals surface area contributed by atoms with Crippen molar-refractivity contribution in [3.63, 3.8) is 0 Å². The van der Waals surface area contributed by atoms with Crippen molar-refractivity contribution in [2.24, 2.45) is 0 Å². The maximum absolute atomic E-state index is 9.11. The van der Waals surface area contributed by atoms with Crippen LogP contribution in [0.5, 0.6) is 34.5 Å². The topological polar surface area (TPSA) is 90.2 Å². The van der Waals surface area contributed by atoms with Gasteiger partial charge in [-0.2, -0.15) is 0 Å². The number of ether oxygens (including phenoxy) is 1. The quantitative estimate of drug-likeness (QED) is 0.364. The zero-order chi connectivity index (χ0) is 20.6. The van der Waals surface area contributed by atoms with Crippen LogP contribution >= 0.6 is 0 Å². The molecule has 0 aliphatic carbocycles. The van der Waals surface area contributed by atoms with Crippen LogP contribution in [-0.4, -0.2) is 20.4 Å². The molecule has 146 valence electrons. The van der Waals surface area contributed by atoms with Crippen LogP contribution in [0.25, 0.3) is 11.1 Å². The van der Waals surface area contributed by atoms with Crippen LogP contribution in [0.1, 0.15) is 0 Å². The number of hydrogen-bond donors (Lipinski definition) is 4. The summed E-state index contributed by atoms with van der Waals surface area (Å²) >= 11 is 0. The summed E-state index contributed by atoms with van der Waals surface area (Å²) in [6, 6.07) is 26.8. The second-order valence-electron chi connectivity index (χ2n) is 6.18. The van der Waals surface area contributed by atoms with Crippen molar-refractivity contribution in [3.05, 3.63) is 97.1 Å². The zero-order valence-electron chi connectivity index (χ0n) is 15.4. The van der Waals surface area contributed by atoms with Crippen molar-refractivity contribution in [2.45, 2.75) is 0 Å². The molecule has 0 saturated carbocycles. The Bertz CT molecular complexity index is 936. The molecule has 5 heteroatoms. The number of hydrogen-bond acceptors (Lipinski definition) is 5. The molecule has 0 aliphatic heterocycles. The van der Waals surface area contributed by atoms with Gasteiger partial charge in [-0.05, 0) is 83.9 Å². The monoisotopic (exact) mass is 388 g/mol. The van der Waals surface area contributed by atoms with E-state index >= 15 is 0 Å². The Kier molecular flexibility index (Phi) is 6.22. The predicted octanol–water partition coefficient (Wildman–Crippen LogP) is 5.65. The molecule has 0 unspecified atom stereocenters.